The zero-order chi connectivity index (χ0) is 36.3. The second-order valence-electron chi connectivity index (χ2n) is 14.0. The maximum atomic E-state index is 5.37. The number of aromatic nitrogens is 4. The van der Waals surface area contributed by atoms with Gasteiger partial charge in [-0.1, -0.05) is 152 Å². The van der Waals surface area contributed by atoms with Gasteiger partial charge in [-0.15, -0.1) is 0 Å². The van der Waals surface area contributed by atoms with Gasteiger partial charge in [0.25, 0.3) is 0 Å². The predicted molar refractivity (Wildman–Crippen MR) is 228 cm³/mol. The number of hydrogen-bond donors (Lipinski definition) is 0. The van der Waals surface area contributed by atoms with Crippen LogP contribution in [0, 0.1) is 0 Å². The molecule has 0 aliphatic carbocycles. The van der Waals surface area contributed by atoms with Crippen molar-refractivity contribution < 1.29 is 0 Å². The molecule has 4 heteroatoms. The van der Waals surface area contributed by atoms with Gasteiger partial charge in [0.05, 0.1) is 11.0 Å². The highest BCUT2D eigenvalue weighted by Gasteiger charge is 2.20. The molecule has 4 nitrogen and oxygen atoms in total. The fourth-order valence-corrected chi connectivity index (χ4v) is 8.22. The smallest absolute Gasteiger partial charge is 0.165 e. The molecule has 0 unspecified atom stereocenters. The molecule has 0 aliphatic rings. The molecule has 0 spiro atoms. The van der Waals surface area contributed by atoms with Crippen LogP contribution in [0.15, 0.2) is 194 Å². The Bertz CT molecular complexity index is 3240. The van der Waals surface area contributed by atoms with E-state index in [-0.39, 0.29) is 0 Å². The molecular formula is C51H32N4. The summed E-state index contributed by atoms with van der Waals surface area (Å²) in [5.74, 6) is 1.91. The second-order valence-corrected chi connectivity index (χ2v) is 14.0. The van der Waals surface area contributed by atoms with E-state index in [9.17, 15) is 0 Å². The summed E-state index contributed by atoms with van der Waals surface area (Å²) < 4.78 is 2.33. The Morgan fingerprint density at radius 2 is 0.855 bits per heavy atom. The maximum Gasteiger partial charge on any atom is 0.165 e. The van der Waals surface area contributed by atoms with Gasteiger partial charge in [-0.25, -0.2) is 15.0 Å². The van der Waals surface area contributed by atoms with Crippen LogP contribution >= 0.6 is 0 Å². The summed E-state index contributed by atoms with van der Waals surface area (Å²) in [5.41, 5.74) is 8.60. The molecule has 0 saturated carbocycles. The average Bonchev–Trinajstić information content (AvgIpc) is 3.60. The minimum atomic E-state index is 0.632. The molecule has 0 saturated heterocycles. The Morgan fingerprint density at radius 3 is 1.65 bits per heavy atom. The van der Waals surface area contributed by atoms with Gasteiger partial charge < -0.3 is 4.57 Å². The molecular weight excluding hydrogens is 669 g/mol. The van der Waals surface area contributed by atoms with Crippen LogP contribution in [0.3, 0.4) is 0 Å². The van der Waals surface area contributed by atoms with Gasteiger partial charge >= 0.3 is 0 Å². The Kier molecular flexibility index (Phi) is 7.14. The van der Waals surface area contributed by atoms with Crippen LogP contribution < -0.4 is 0 Å². The SMILES string of the molecule is c1ccc(-c2ccc(-c3nc(-c4ccc5c(c4)c4ccccc4n5-c4ccccc4)nc(-c4c5ccccc5cc5c4ccc4ccccc45)n3)cc2)cc1. The normalized spacial score (nSPS) is 11.6. The molecule has 0 aliphatic heterocycles. The lowest BCUT2D eigenvalue weighted by atomic mass is 9.93. The molecule has 11 rings (SSSR count). The molecule has 256 valence electrons. The molecule has 0 radical (unpaired) electrons. The highest BCUT2D eigenvalue weighted by Crippen LogP contribution is 2.40. The van der Waals surface area contributed by atoms with E-state index >= 15 is 0 Å². The minimum absolute atomic E-state index is 0.632. The Balaban J connectivity index is 1.17. The molecule has 0 atom stereocenters. The molecule has 2 heterocycles. The standard InChI is InChI=1S/C51H32N4/c1-3-13-33(14-4-1)34-23-25-36(26-24-34)49-52-50(38-28-30-47-45(32-38)42-21-11-12-22-46(42)55(47)39-17-5-2-6-18-39)54-51(53-49)48-41-20-10-8-16-37(41)31-44-40-19-9-7-15-35(40)27-29-43(44)48/h1-32H. The molecule has 2 aromatic heterocycles. The van der Waals surface area contributed by atoms with Crippen molar-refractivity contribution in [2.24, 2.45) is 0 Å². The first kappa shape index (κ1) is 31.1. The number of rotatable bonds is 5. The first-order valence-corrected chi connectivity index (χ1v) is 18.6. The summed E-state index contributed by atoms with van der Waals surface area (Å²) in [6, 6.07) is 68.6. The van der Waals surface area contributed by atoms with E-state index in [2.05, 4.69) is 193 Å². The quantitative estimate of drug-likeness (QED) is 0.133. The van der Waals surface area contributed by atoms with Crippen LogP contribution in [0.25, 0.3) is 105 Å². The van der Waals surface area contributed by atoms with Crippen molar-refractivity contribution >= 4 is 54.1 Å². The van der Waals surface area contributed by atoms with Crippen LogP contribution in [0.4, 0.5) is 0 Å². The van der Waals surface area contributed by atoms with Gasteiger partial charge in [0.15, 0.2) is 17.5 Å². The zero-order valence-corrected chi connectivity index (χ0v) is 29.8. The van der Waals surface area contributed by atoms with Gasteiger partial charge in [0.1, 0.15) is 0 Å². The third-order valence-electron chi connectivity index (χ3n) is 10.8. The Hall–Kier alpha value is -7.43. The van der Waals surface area contributed by atoms with Crippen LogP contribution in [0.2, 0.25) is 0 Å². The fourth-order valence-electron chi connectivity index (χ4n) is 8.22. The number of fused-ring (bicyclic) bond motifs is 7. The lowest BCUT2D eigenvalue weighted by molar-refractivity contribution is 1.08. The van der Waals surface area contributed by atoms with Crippen molar-refractivity contribution in [3.63, 3.8) is 0 Å². The van der Waals surface area contributed by atoms with Gasteiger partial charge in [0, 0.05) is 33.2 Å². The van der Waals surface area contributed by atoms with Gasteiger partial charge in [-0.2, -0.15) is 0 Å². The van der Waals surface area contributed by atoms with Crippen molar-refractivity contribution in [1.29, 1.82) is 0 Å². The minimum Gasteiger partial charge on any atom is -0.309 e. The monoisotopic (exact) mass is 700 g/mol. The van der Waals surface area contributed by atoms with Crippen LogP contribution in [-0.4, -0.2) is 19.5 Å². The molecule has 0 amide bonds. The summed E-state index contributed by atoms with van der Waals surface area (Å²) in [4.78, 5) is 15.9. The maximum absolute atomic E-state index is 5.37. The van der Waals surface area contributed by atoms with E-state index in [1.54, 1.807) is 0 Å². The fraction of sp³-hybridized carbons (Fsp3) is 0. The van der Waals surface area contributed by atoms with E-state index < -0.39 is 0 Å². The molecule has 9 aromatic carbocycles. The third kappa shape index (κ3) is 5.19. The number of benzene rings is 9. The van der Waals surface area contributed by atoms with E-state index in [1.807, 2.05) is 6.07 Å². The van der Waals surface area contributed by atoms with Gasteiger partial charge in [0.2, 0.25) is 0 Å². The van der Waals surface area contributed by atoms with Gasteiger partial charge in [-0.05, 0) is 85.9 Å². The van der Waals surface area contributed by atoms with Crippen LogP contribution in [0.5, 0.6) is 0 Å². The topological polar surface area (TPSA) is 43.6 Å². The zero-order valence-electron chi connectivity index (χ0n) is 29.8. The summed E-state index contributed by atoms with van der Waals surface area (Å²) >= 11 is 0. The van der Waals surface area contributed by atoms with Crippen molar-refractivity contribution in [3.8, 4) is 51.0 Å². The summed E-state index contributed by atoms with van der Waals surface area (Å²) in [5, 5.41) is 9.28. The average molecular weight is 701 g/mol. The van der Waals surface area contributed by atoms with Crippen molar-refractivity contribution in [2.45, 2.75) is 0 Å². The molecule has 0 bridgehead atoms. The Labute approximate surface area is 317 Å². The van der Waals surface area contributed by atoms with Gasteiger partial charge in [-0.3, -0.25) is 0 Å². The Morgan fingerprint density at radius 1 is 0.291 bits per heavy atom. The molecule has 0 N–H and O–H groups in total. The second kappa shape index (κ2) is 12.6. The van der Waals surface area contributed by atoms with E-state index in [0.717, 1.165) is 60.5 Å². The molecule has 0 fully saturated rings. The van der Waals surface area contributed by atoms with Crippen molar-refractivity contribution in [2.75, 3.05) is 0 Å². The van der Waals surface area contributed by atoms with Crippen molar-refractivity contribution in [3.05, 3.63) is 194 Å². The van der Waals surface area contributed by atoms with Crippen LogP contribution in [-0.2, 0) is 0 Å². The molecule has 11 aromatic rings. The van der Waals surface area contributed by atoms with E-state index in [0.29, 0.717) is 17.5 Å². The van der Waals surface area contributed by atoms with Crippen molar-refractivity contribution in [1.82, 2.24) is 19.5 Å². The number of hydrogen-bond acceptors (Lipinski definition) is 3. The van der Waals surface area contributed by atoms with Crippen LogP contribution in [0.1, 0.15) is 0 Å². The number of nitrogens with zero attached hydrogens (tertiary/aromatic N) is 4. The predicted octanol–water partition coefficient (Wildman–Crippen LogP) is 13.1. The highest BCUT2D eigenvalue weighted by molar-refractivity contribution is 6.19. The molecule has 55 heavy (non-hydrogen) atoms. The van der Waals surface area contributed by atoms with E-state index in [1.165, 1.54) is 27.1 Å². The first-order chi connectivity index (χ1) is 27.3. The number of para-hydroxylation sites is 2. The largest absolute Gasteiger partial charge is 0.309 e. The summed E-state index contributed by atoms with van der Waals surface area (Å²) in [6.45, 7) is 0. The van der Waals surface area contributed by atoms with E-state index in [4.69, 9.17) is 15.0 Å². The highest BCUT2D eigenvalue weighted by atomic mass is 15.0. The lowest BCUT2D eigenvalue weighted by Gasteiger charge is -2.15. The first-order valence-electron chi connectivity index (χ1n) is 18.6. The summed E-state index contributed by atoms with van der Waals surface area (Å²) in [6.07, 6.45) is 0. The third-order valence-corrected chi connectivity index (χ3v) is 10.8. The summed E-state index contributed by atoms with van der Waals surface area (Å²) in [7, 11) is 0. The lowest BCUT2D eigenvalue weighted by Crippen LogP contribution is -2.01.